The molecule has 156 valence electrons. The maximum absolute atomic E-state index is 12.6. The van der Waals surface area contributed by atoms with Crippen LogP contribution in [-0.4, -0.2) is 32.5 Å². The predicted octanol–water partition coefficient (Wildman–Crippen LogP) is 4.95. The van der Waals surface area contributed by atoms with Crippen LogP contribution in [0.5, 0.6) is 0 Å². The summed E-state index contributed by atoms with van der Waals surface area (Å²) in [6.07, 6.45) is 1.07. The third kappa shape index (κ3) is 4.81. The summed E-state index contributed by atoms with van der Waals surface area (Å²) in [6, 6.07) is 27.9. The number of rotatable bonds is 6. The van der Waals surface area contributed by atoms with Gasteiger partial charge in [-0.1, -0.05) is 78.4 Å². The molecule has 30 heavy (non-hydrogen) atoms. The van der Waals surface area contributed by atoms with Gasteiger partial charge in [-0.2, -0.15) is 8.42 Å². The molecule has 1 aliphatic heterocycles. The molecular formula is C25H27NO3S. The number of hydrogen-bond acceptors (Lipinski definition) is 4. The molecule has 0 aromatic heterocycles. The van der Waals surface area contributed by atoms with Crippen molar-refractivity contribution in [3.05, 3.63) is 102 Å². The summed E-state index contributed by atoms with van der Waals surface area (Å²) in [4.78, 5) is 2.64. The minimum absolute atomic E-state index is 0.155. The average molecular weight is 422 g/mol. The molecule has 1 saturated heterocycles. The van der Waals surface area contributed by atoms with Crippen LogP contribution < -0.4 is 0 Å². The Kier molecular flexibility index (Phi) is 6.32. The van der Waals surface area contributed by atoms with Crippen molar-refractivity contribution in [1.29, 1.82) is 0 Å². The molecule has 0 aliphatic carbocycles. The van der Waals surface area contributed by atoms with E-state index in [1.807, 2.05) is 19.1 Å². The third-order valence-electron chi connectivity index (χ3n) is 5.64. The summed E-state index contributed by atoms with van der Waals surface area (Å²) < 4.78 is 30.9. The highest BCUT2D eigenvalue weighted by Gasteiger charge is 2.30. The monoisotopic (exact) mass is 421 g/mol. The number of aryl methyl sites for hydroxylation is 1. The molecule has 0 unspecified atom stereocenters. The second kappa shape index (κ2) is 9.13. The van der Waals surface area contributed by atoms with Crippen LogP contribution in [0.25, 0.3) is 0 Å². The maximum Gasteiger partial charge on any atom is 0.297 e. The topological polar surface area (TPSA) is 46.6 Å². The molecule has 4 rings (SSSR count). The smallest absolute Gasteiger partial charge is 0.292 e. The summed E-state index contributed by atoms with van der Waals surface area (Å²) >= 11 is 0. The lowest BCUT2D eigenvalue weighted by atomic mass is 9.94. The van der Waals surface area contributed by atoms with Gasteiger partial charge in [0.25, 0.3) is 10.1 Å². The maximum atomic E-state index is 12.6. The Morgan fingerprint density at radius 1 is 0.800 bits per heavy atom. The third-order valence-corrected chi connectivity index (χ3v) is 7.02. The molecule has 0 radical (unpaired) electrons. The van der Waals surface area contributed by atoms with Crippen molar-refractivity contribution < 1.29 is 12.6 Å². The molecule has 0 spiro atoms. The Balaban J connectivity index is 1.46. The lowest BCUT2D eigenvalue weighted by Gasteiger charge is -2.37. The fourth-order valence-electron chi connectivity index (χ4n) is 4.05. The van der Waals surface area contributed by atoms with Crippen LogP contribution in [-0.2, 0) is 14.3 Å². The molecule has 3 aromatic carbocycles. The van der Waals surface area contributed by atoms with Crippen molar-refractivity contribution in [3.8, 4) is 0 Å². The highest BCUT2D eigenvalue weighted by Crippen LogP contribution is 2.32. The van der Waals surface area contributed by atoms with E-state index in [1.165, 1.54) is 11.1 Å². The largest absolute Gasteiger partial charge is 0.297 e. The summed E-state index contributed by atoms with van der Waals surface area (Å²) in [7, 11) is -3.74. The molecule has 0 amide bonds. The van der Waals surface area contributed by atoms with Crippen LogP contribution >= 0.6 is 0 Å². The van der Waals surface area contributed by atoms with Crippen LogP contribution in [0, 0.1) is 6.92 Å². The van der Waals surface area contributed by atoms with Gasteiger partial charge in [-0.3, -0.25) is 9.08 Å². The zero-order valence-corrected chi connectivity index (χ0v) is 18.0. The Labute approximate surface area is 179 Å². The molecule has 0 atom stereocenters. The number of hydrogen-bond donors (Lipinski definition) is 0. The quantitative estimate of drug-likeness (QED) is 0.528. The standard InChI is InChI=1S/C25H27NO3S/c1-20-12-14-24(15-13-20)30(27,28)29-23-16-18-26(19-17-23)25(21-8-4-2-5-9-21)22-10-6-3-7-11-22/h2-15,23,25H,16-19H2,1H3. The summed E-state index contributed by atoms with van der Waals surface area (Å²) in [6.45, 7) is 3.49. The van der Waals surface area contributed by atoms with Gasteiger partial charge in [0, 0.05) is 13.1 Å². The number of piperidine rings is 1. The zero-order valence-electron chi connectivity index (χ0n) is 17.1. The lowest BCUT2D eigenvalue weighted by molar-refractivity contribution is 0.0889. The molecule has 0 bridgehead atoms. The second-order valence-electron chi connectivity index (χ2n) is 7.82. The van der Waals surface area contributed by atoms with Crippen molar-refractivity contribution in [2.75, 3.05) is 13.1 Å². The minimum Gasteiger partial charge on any atom is -0.292 e. The van der Waals surface area contributed by atoms with Gasteiger partial charge in [-0.25, -0.2) is 0 Å². The molecule has 1 aliphatic rings. The van der Waals surface area contributed by atoms with Crippen LogP contribution in [0.4, 0.5) is 0 Å². The molecule has 5 heteroatoms. The first-order chi connectivity index (χ1) is 14.5. The van der Waals surface area contributed by atoms with Crippen LogP contribution in [0.15, 0.2) is 89.8 Å². The van der Waals surface area contributed by atoms with E-state index in [2.05, 4.69) is 53.4 Å². The molecule has 0 N–H and O–H groups in total. The molecule has 4 nitrogen and oxygen atoms in total. The number of likely N-dealkylation sites (tertiary alicyclic amines) is 1. The summed E-state index contributed by atoms with van der Waals surface area (Å²) in [5.41, 5.74) is 3.51. The van der Waals surface area contributed by atoms with Gasteiger partial charge in [0.1, 0.15) is 0 Å². The molecular weight excluding hydrogens is 394 g/mol. The van der Waals surface area contributed by atoms with E-state index in [9.17, 15) is 8.42 Å². The highest BCUT2D eigenvalue weighted by molar-refractivity contribution is 7.86. The van der Waals surface area contributed by atoms with Gasteiger partial charge in [-0.15, -0.1) is 0 Å². The Hall–Kier alpha value is -2.47. The molecule has 0 saturated carbocycles. The number of benzene rings is 3. The fraction of sp³-hybridized carbons (Fsp3) is 0.280. The first kappa shape index (κ1) is 20.8. The Morgan fingerprint density at radius 3 is 1.80 bits per heavy atom. The SMILES string of the molecule is Cc1ccc(S(=O)(=O)OC2CCN(C(c3ccccc3)c3ccccc3)CC2)cc1. The van der Waals surface area contributed by atoms with E-state index in [-0.39, 0.29) is 17.0 Å². The normalized spacial score (nSPS) is 16.1. The van der Waals surface area contributed by atoms with Crippen molar-refractivity contribution in [3.63, 3.8) is 0 Å². The lowest BCUT2D eigenvalue weighted by Crippen LogP contribution is -2.40. The van der Waals surface area contributed by atoms with Crippen molar-refractivity contribution in [2.24, 2.45) is 0 Å². The average Bonchev–Trinajstić information content (AvgIpc) is 2.77. The van der Waals surface area contributed by atoms with E-state index in [0.29, 0.717) is 12.8 Å². The van der Waals surface area contributed by atoms with Gasteiger partial charge in [0.15, 0.2) is 0 Å². The van der Waals surface area contributed by atoms with E-state index in [4.69, 9.17) is 4.18 Å². The first-order valence-electron chi connectivity index (χ1n) is 10.4. The van der Waals surface area contributed by atoms with E-state index < -0.39 is 10.1 Å². The van der Waals surface area contributed by atoms with E-state index in [0.717, 1.165) is 18.7 Å². The number of nitrogens with zero attached hydrogens (tertiary/aromatic N) is 1. The zero-order chi connectivity index (χ0) is 21.0. The first-order valence-corrected chi connectivity index (χ1v) is 11.8. The molecule has 3 aromatic rings. The van der Waals surface area contributed by atoms with Crippen LogP contribution in [0.3, 0.4) is 0 Å². The highest BCUT2D eigenvalue weighted by atomic mass is 32.2. The van der Waals surface area contributed by atoms with Gasteiger partial charge < -0.3 is 0 Å². The minimum atomic E-state index is -3.74. The van der Waals surface area contributed by atoms with Gasteiger partial charge in [-0.05, 0) is 43.0 Å². The van der Waals surface area contributed by atoms with Crippen molar-refractivity contribution >= 4 is 10.1 Å². The van der Waals surface area contributed by atoms with Gasteiger partial charge in [0.2, 0.25) is 0 Å². The Morgan fingerprint density at radius 2 is 1.30 bits per heavy atom. The Bertz CT molecular complexity index is 1000. The van der Waals surface area contributed by atoms with E-state index in [1.54, 1.807) is 24.3 Å². The summed E-state index contributed by atoms with van der Waals surface area (Å²) in [5, 5.41) is 0. The molecule has 1 fully saturated rings. The van der Waals surface area contributed by atoms with Crippen molar-refractivity contribution in [1.82, 2.24) is 4.90 Å². The van der Waals surface area contributed by atoms with Crippen LogP contribution in [0.2, 0.25) is 0 Å². The van der Waals surface area contributed by atoms with E-state index >= 15 is 0 Å². The van der Waals surface area contributed by atoms with Gasteiger partial charge in [0.05, 0.1) is 17.0 Å². The predicted molar refractivity (Wildman–Crippen MR) is 119 cm³/mol. The van der Waals surface area contributed by atoms with Gasteiger partial charge >= 0.3 is 0 Å². The summed E-state index contributed by atoms with van der Waals surface area (Å²) in [5.74, 6) is 0. The molecule has 1 heterocycles. The van der Waals surface area contributed by atoms with Crippen molar-refractivity contribution in [2.45, 2.75) is 36.8 Å². The fourth-order valence-corrected chi connectivity index (χ4v) is 5.19. The van der Waals surface area contributed by atoms with Crippen LogP contribution in [0.1, 0.15) is 35.6 Å². The second-order valence-corrected chi connectivity index (χ2v) is 9.39.